The maximum Gasteiger partial charge on any atom is 0.101 e. The normalized spacial score (nSPS) is 19.3. The van der Waals surface area contributed by atoms with Crippen LogP contribution >= 0.6 is 0 Å². The lowest BCUT2D eigenvalue weighted by atomic mass is 10.1. The van der Waals surface area contributed by atoms with E-state index < -0.39 is 8.07 Å². The van der Waals surface area contributed by atoms with Crippen LogP contribution in [0.15, 0.2) is 24.3 Å². The van der Waals surface area contributed by atoms with Gasteiger partial charge in [0.05, 0.1) is 8.07 Å². The van der Waals surface area contributed by atoms with E-state index in [0.29, 0.717) is 0 Å². The molecular formula is C13H18OSi. The molecule has 0 N–H and O–H groups in total. The van der Waals surface area contributed by atoms with Crippen LogP contribution in [0, 0.1) is 0 Å². The van der Waals surface area contributed by atoms with Crippen molar-refractivity contribution in [3.63, 3.8) is 0 Å². The molecule has 15 heavy (non-hydrogen) atoms. The van der Waals surface area contributed by atoms with Gasteiger partial charge < -0.3 is 4.74 Å². The molecule has 0 fully saturated rings. The van der Waals surface area contributed by atoms with Crippen LogP contribution in [0.25, 0.3) is 6.08 Å². The molecular weight excluding hydrogens is 200 g/mol. The summed E-state index contributed by atoms with van der Waals surface area (Å²) < 4.78 is 5.51. The number of hydrogen-bond donors (Lipinski definition) is 0. The molecule has 2 heteroatoms. The average molecular weight is 218 g/mol. The Labute approximate surface area is 92.8 Å². The molecule has 1 aromatic rings. The van der Waals surface area contributed by atoms with Crippen molar-refractivity contribution in [3.05, 3.63) is 35.4 Å². The number of fused-ring (bicyclic) bond motifs is 1. The number of methoxy groups -OCH3 is 1. The monoisotopic (exact) mass is 218 g/mol. The zero-order valence-electron chi connectivity index (χ0n) is 9.87. The summed E-state index contributed by atoms with van der Waals surface area (Å²) in [5.74, 6) is 0. The molecule has 0 aromatic heterocycles. The van der Waals surface area contributed by atoms with Crippen molar-refractivity contribution >= 4 is 19.3 Å². The molecule has 80 valence electrons. The first-order valence-electron chi connectivity index (χ1n) is 5.38. The Morgan fingerprint density at radius 1 is 1.20 bits per heavy atom. The molecule has 0 radical (unpaired) electrons. The molecule has 1 aliphatic rings. The summed E-state index contributed by atoms with van der Waals surface area (Å²) in [6.07, 6.45) is 4.49. The van der Waals surface area contributed by atoms with Gasteiger partial charge in [-0.3, -0.25) is 0 Å². The molecule has 0 amide bonds. The second kappa shape index (κ2) is 3.61. The third-order valence-corrected chi connectivity index (χ3v) is 4.99. The van der Waals surface area contributed by atoms with Gasteiger partial charge in [0, 0.05) is 7.11 Å². The van der Waals surface area contributed by atoms with Crippen LogP contribution in [0.3, 0.4) is 0 Å². The van der Waals surface area contributed by atoms with Crippen LogP contribution < -0.4 is 5.19 Å². The van der Waals surface area contributed by atoms with Gasteiger partial charge >= 0.3 is 0 Å². The number of rotatable bonds is 2. The summed E-state index contributed by atoms with van der Waals surface area (Å²) in [5, 5.41) is 1.52. The third kappa shape index (κ3) is 1.79. The molecule has 2 rings (SSSR count). The van der Waals surface area contributed by atoms with E-state index in [0.717, 1.165) is 0 Å². The summed E-state index contributed by atoms with van der Waals surface area (Å²) in [6, 6.07) is 6.60. The first-order valence-corrected chi connectivity index (χ1v) is 8.88. The second-order valence-electron chi connectivity index (χ2n) is 5.07. The van der Waals surface area contributed by atoms with Crippen LogP contribution in [0.4, 0.5) is 0 Å². The van der Waals surface area contributed by atoms with Gasteiger partial charge in [0.15, 0.2) is 0 Å². The molecule has 1 aromatic carbocycles. The zero-order valence-corrected chi connectivity index (χ0v) is 10.9. The molecule has 0 heterocycles. The zero-order chi connectivity index (χ0) is 11.1. The van der Waals surface area contributed by atoms with Crippen LogP contribution in [-0.2, 0) is 4.74 Å². The lowest BCUT2D eigenvalue weighted by Gasteiger charge is -2.23. The van der Waals surface area contributed by atoms with Crippen molar-refractivity contribution in [2.75, 3.05) is 7.11 Å². The Morgan fingerprint density at radius 2 is 1.93 bits per heavy atom. The Hall–Kier alpha value is -0.863. The fourth-order valence-corrected chi connectivity index (χ4v) is 3.87. The topological polar surface area (TPSA) is 9.23 Å². The average Bonchev–Trinajstić information content (AvgIpc) is 2.58. The molecule has 0 aliphatic heterocycles. The molecule has 1 nitrogen and oxygen atoms in total. The molecule has 1 unspecified atom stereocenters. The van der Waals surface area contributed by atoms with E-state index in [9.17, 15) is 0 Å². The number of benzene rings is 1. The maximum atomic E-state index is 5.51. The highest BCUT2D eigenvalue weighted by Gasteiger charge is 2.27. The van der Waals surface area contributed by atoms with Crippen molar-refractivity contribution < 1.29 is 4.74 Å². The Balaban J connectivity index is 2.57. The van der Waals surface area contributed by atoms with E-state index in [1.807, 2.05) is 0 Å². The molecule has 0 saturated carbocycles. The fourth-order valence-electron chi connectivity index (χ4n) is 2.18. The van der Waals surface area contributed by atoms with E-state index in [2.05, 4.69) is 50.0 Å². The highest BCUT2D eigenvalue weighted by molar-refractivity contribution is 6.89. The number of ether oxygens (including phenoxy) is 1. The van der Waals surface area contributed by atoms with E-state index in [1.165, 1.54) is 16.3 Å². The summed E-state index contributed by atoms with van der Waals surface area (Å²) in [4.78, 5) is 0. The van der Waals surface area contributed by atoms with Gasteiger partial charge in [-0.15, -0.1) is 0 Å². The lowest BCUT2D eigenvalue weighted by Crippen LogP contribution is -2.40. The van der Waals surface area contributed by atoms with Gasteiger partial charge in [0.2, 0.25) is 0 Å². The van der Waals surface area contributed by atoms with E-state index in [4.69, 9.17) is 4.74 Å². The van der Waals surface area contributed by atoms with E-state index in [-0.39, 0.29) is 6.10 Å². The minimum absolute atomic E-state index is 0.169. The van der Waals surface area contributed by atoms with Crippen LogP contribution in [-0.4, -0.2) is 15.2 Å². The highest BCUT2D eigenvalue weighted by atomic mass is 28.3. The summed E-state index contributed by atoms with van der Waals surface area (Å²) in [6.45, 7) is 7.15. The summed E-state index contributed by atoms with van der Waals surface area (Å²) >= 11 is 0. The smallest absolute Gasteiger partial charge is 0.101 e. The lowest BCUT2D eigenvalue weighted by molar-refractivity contribution is 0.146. The van der Waals surface area contributed by atoms with Crippen molar-refractivity contribution in [1.82, 2.24) is 0 Å². The standard InChI is InChI=1S/C13H18OSi/c1-14-11-9-8-10-6-5-7-12(13(10)11)15(2,3)4/h5-9,11H,1-4H3. The molecule has 0 spiro atoms. The third-order valence-electron chi connectivity index (χ3n) is 2.94. The predicted octanol–water partition coefficient (Wildman–Crippen LogP) is 2.95. The molecule has 0 saturated heterocycles. The summed E-state index contributed by atoms with van der Waals surface area (Å²) in [5.41, 5.74) is 2.74. The van der Waals surface area contributed by atoms with Crippen LogP contribution in [0.1, 0.15) is 17.2 Å². The Morgan fingerprint density at radius 3 is 2.53 bits per heavy atom. The van der Waals surface area contributed by atoms with Crippen molar-refractivity contribution in [2.24, 2.45) is 0 Å². The first kappa shape index (κ1) is 10.6. The van der Waals surface area contributed by atoms with E-state index >= 15 is 0 Å². The van der Waals surface area contributed by atoms with Gasteiger partial charge in [0.25, 0.3) is 0 Å². The minimum atomic E-state index is -1.27. The van der Waals surface area contributed by atoms with Gasteiger partial charge in [-0.1, -0.05) is 55.2 Å². The van der Waals surface area contributed by atoms with Crippen molar-refractivity contribution in [3.8, 4) is 0 Å². The number of hydrogen-bond acceptors (Lipinski definition) is 1. The Bertz CT molecular complexity index is 401. The van der Waals surface area contributed by atoms with Gasteiger partial charge in [-0.25, -0.2) is 0 Å². The van der Waals surface area contributed by atoms with Gasteiger partial charge in [-0.05, 0) is 11.1 Å². The fraction of sp³-hybridized carbons (Fsp3) is 0.385. The van der Waals surface area contributed by atoms with Crippen molar-refractivity contribution in [1.29, 1.82) is 0 Å². The quantitative estimate of drug-likeness (QED) is 0.694. The van der Waals surface area contributed by atoms with Gasteiger partial charge in [-0.2, -0.15) is 0 Å². The molecule has 1 aliphatic carbocycles. The largest absolute Gasteiger partial charge is 0.373 e. The molecule has 0 bridgehead atoms. The second-order valence-corrected chi connectivity index (χ2v) is 10.1. The molecule has 1 atom stereocenters. The highest BCUT2D eigenvalue weighted by Crippen LogP contribution is 2.30. The predicted molar refractivity (Wildman–Crippen MR) is 68.2 cm³/mol. The minimum Gasteiger partial charge on any atom is -0.373 e. The maximum absolute atomic E-state index is 5.51. The van der Waals surface area contributed by atoms with Gasteiger partial charge in [0.1, 0.15) is 6.10 Å². The van der Waals surface area contributed by atoms with Crippen molar-refractivity contribution in [2.45, 2.75) is 25.7 Å². The van der Waals surface area contributed by atoms with Crippen LogP contribution in [0.2, 0.25) is 19.6 Å². The first-order chi connectivity index (χ1) is 7.04. The Kier molecular flexibility index (Phi) is 2.57. The van der Waals surface area contributed by atoms with Crippen LogP contribution in [0.5, 0.6) is 0 Å². The summed E-state index contributed by atoms with van der Waals surface area (Å²) in [7, 11) is 0.515. The van der Waals surface area contributed by atoms with E-state index in [1.54, 1.807) is 7.11 Å². The SMILES string of the molecule is COC1C=Cc2cccc([Si](C)(C)C)c21.